The van der Waals surface area contributed by atoms with Gasteiger partial charge in [-0.15, -0.1) is 0 Å². The normalized spacial score (nSPS) is 9.83. The van der Waals surface area contributed by atoms with Gasteiger partial charge in [-0.2, -0.15) is 0 Å². The number of pyridine rings is 1. The molecule has 2 nitrogen and oxygen atoms in total. The number of aromatic nitrogens is 1. The Hall–Kier alpha value is -0.600. The van der Waals surface area contributed by atoms with Crippen LogP contribution in [-0.4, -0.2) is 11.3 Å². The third-order valence-electron chi connectivity index (χ3n) is 1.40. The van der Waals surface area contributed by atoms with E-state index in [1.165, 1.54) is 0 Å². The Bertz CT molecular complexity index is 288. The third kappa shape index (κ3) is 2.47. The van der Waals surface area contributed by atoms with Gasteiger partial charge in [0, 0.05) is 12.6 Å². The van der Waals surface area contributed by atoms with Crippen molar-refractivity contribution in [3.63, 3.8) is 0 Å². The SMILES string of the molecule is O=CCCc1cnc(Cl)c(Cl)c1. The number of hydrogen-bond donors (Lipinski definition) is 0. The molecule has 0 saturated carbocycles. The number of nitrogens with zero attached hydrogens (tertiary/aromatic N) is 1. The third-order valence-corrected chi connectivity index (χ3v) is 2.09. The van der Waals surface area contributed by atoms with Gasteiger partial charge < -0.3 is 4.79 Å². The molecule has 0 radical (unpaired) electrons. The zero-order valence-electron chi connectivity index (χ0n) is 6.26. The van der Waals surface area contributed by atoms with Gasteiger partial charge in [-0.25, -0.2) is 4.98 Å². The number of halogens is 2. The van der Waals surface area contributed by atoms with Crippen LogP contribution in [0.2, 0.25) is 10.2 Å². The summed E-state index contributed by atoms with van der Waals surface area (Å²) in [6, 6.07) is 1.72. The highest BCUT2D eigenvalue weighted by Gasteiger charge is 1.99. The van der Waals surface area contributed by atoms with Crippen molar-refractivity contribution in [2.24, 2.45) is 0 Å². The molecule has 64 valence electrons. The van der Waals surface area contributed by atoms with Crippen molar-refractivity contribution in [1.82, 2.24) is 4.98 Å². The number of rotatable bonds is 3. The van der Waals surface area contributed by atoms with Crippen molar-refractivity contribution in [1.29, 1.82) is 0 Å². The van der Waals surface area contributed by atoms with Crippen LogP contribution in [0, 0.1) is 0 Å². The van der Waals surface area contributed by atoms with E-state index in [1.807, 2.05) is 0 Å². The molecule has 0 aliphatic heterocycles. The highest BCUT2D eigenvalue weighted by Crippen LogP contribution is 2.19. The lowest BCUT2D eigenvalue weighted by Gasteiger charge is -1.98. The van der Waals surface area contributed by atoms with E-state index in [-0.39, 0.29) is 0 Å². The Morgan fingerprint density at radius 1 is 1.50 bits per heavy atom. The topological polar surface area (TPSA) is 30.0 Å². The quantitative estimate of drug-likeness (QED) is 0.559. The maximum Gasteiger partial charge on any atom is 0.147 e. The van der Waals surface area contributed by atoms with Gasteiger partial charge in [0.1, 0.15) is 11.4 Å². The number of carbonyl (C=O) groups is 1. The maximum absolute atomic E-state index is 10.1. The van der Waals surface area contributed by atoms with Crippen LogP contribution in [0.15, 0.2) is 12.3 Å². The predicted octanol–water partition coefficient (Wildman–Crippen LogP) is 2.52. The van der Waals surface area contributed by atoms with E-state index in [0.717, 1.165) is 11.8 Å². The Morgan fingerprint density at radius 3 is 2.83 bits per heavy atom. The minimum atomic E-state index is 0.298. The molecule has 1 aromatic rings. The molecule has 0 aliphatic carbocycles. The minimum absolute atomic E-state index is 0.298. The lowest BCUT2D eigenvalue weighted by atomic mass is 10.2. The fraction of sp³-hybridized carbons (Fsp3) is 0.250. The first-order valence-electron chi connectivity index (χ1n) is 3.47. The second-order valence-electron chi connectivity index (χ2n) is 2.32. The van der Waals surface area contributed by atoms with Crippen molar-refractivity contribution in [3.05, 3.63) is 28.0 Å². The molecular formula is C8H7Cl2NO. The van der Waals surface area contributed by atoms with Crippen molar-refractivity contribution in [2.75, 3.05) is 0 Å². The number of hydrogen-bond acceptors (Lipinski definition) is 2. The van der Waals surface area contributed by atoms with Gasteiger partial charge in [-0.05, 0) is 18.1 Å². The van der Waals surface area contributed by atoms with Crippen LogP contribution < -0.4 is 0 Å². The molecule has 0 N–H and O–H groups in total. The lowest BCUT2D eigenvalue weighted by Crippen LogP contribution is -1.88. The summed E-state index contributed by atoms with van der Waals surface area (Å²) < 4.78 is 0. The molecule has 0 bridgehead atoms. The second-order valence-corrected chi connectivity index (χ2v) is 3.09. The van der Waals surface area contributed by atoms with Gasteiger partial charge in [-0.3, -0.25) is 0 Å². The molecule has 1 heterocycles. The van der Waals surface area contributed by atoms with Crippen molar-refractivity contribution >= 4 is 29.5 Å². The fourth-order valence-corrected chi connectivity index (χ4v) is 1.12. The van der Waals surface area contributed by atoms with Crippen molar-refractivity contribution in [2.45, 2.75) is 12.8 Å². The van der Waals surface area contributed by atoms with Crippen LogP contribution in [0.4, 0.5) is 0 Å². The average Bonchev–Trinajstić information content (AvgIpc) is 2.07. The Kier molecular flexibility index (Phi) is 3.50. The second kappa shape index (κ2) is 4.43. The number of aryl methyl sites for hydroxylation is 1. The molecule has 0 atom stereocenters. The monoisotopic (exact) mass is 203 g/mol. The summed E-state index contributed by atoms with van der Waals surface area (Å²) in [5.74, 6) is 0. The maximum atomic E-state index is 10.1. The van der Waals surface area contributed by atoms with Gasteiger partial charge in [0.25, 0.3) is 0 Å². The van der Waals surface area contributed by atoms with Crippen LogP contribution in [0.3, 0.4) is 0 Å². The molecule has 0 saturated heterocycles. The first-order chi connectivity index (χ1) is 5.74. The molecule has 0 spiro atoms. The molecule has 0 unspecified atom stereocenters. The zero-order chi connectivity index (χ0) is 8.97. The van der Waals surface area contributed by atoms with E-state index in [1.54, 1.807) is 12.3 Å². The molecule has 0 aliphatic rings. The first kappa shape index (κ1) is 9.49. The summed E-state index contributed by atoms with van der Waals surface area (Å²) in [6.07, 6.45) is 3.63. The van der Waals surface area contributed by atoms with Crippen LogP contribution in [0.25, 0.3) is 0 Å². The highest BCUT2D eigenvalue weighted by molar-refractivity contribution is 6.41. The van der Waals surface area contributed by atoms with Crippen molar-refractivity contribution in [3.8, 4) is 0 Å². The fourth-order valence-electron chi connectivity index (χ4n) is 0.823. The van der Waals surface area contributed by atoms with Gasteiger partial charge in [0.2, 0.25) is 0 Å². The minimum Gasteiger partial charge on any atom is -0.303 e. The van der Waals surface area contributed by atoms with Gasteiger partial charge in [0.15, 0.2) is 0 Å². The van der Waals surface area contributed by atoms with E-state index in [9.17, 15) is 4.79 Å². The van der Waals surface area contributed by atoms with E-state index in [4.69, 9.17) is 23.2 Å². The number of carbonyl (C=O) groups excluding carboxylic acids is 1. The van der Waals surface area contributed by atoms with E-state index >= 15 is 0 Å². The predicted molar refractivity (Wildman–Crippen MR) is 48.6 cm³/mol. The summed E-state index contributed by atoms with van der Waals surface area (Å²) in [4.78, 5) is 13.9. The average molecular weight is 204 g/mol. The van der Waals surface area contributed by atoms with E-state index < -0.39 is 0 Å². The summed E-state index contributed by atoms with van der Waals surface area (Å²) in [5, 5.41) is 0.728. The van der Waals surface area contributed by atoms with Crippen LogP contribution in [-0.2, 0) is 11.2 Å². The molecule has 1 rings (SSSR count). The van der Waals surface area contributed by atoms with E-state index in [0.29, 0.717) is 23.0 Å². The number of aldehydes is 1. The molecule has 0 fully saturated rings. The van der Waals surface area contributed by atoms with Gasteiger partial charge >= 0.3 is 0 Å². The van der Waals surface area contributed by atoms with Gasteiger partial charge in [-0.1, -0.05) is 23.2 Å². The molecule has 4 heteroatoms. The van der Waals surface area contributed by atoms with Crippen LogP contribution in [0.1, 0.15) is 12.0 Å². The summed E-state index contributed by atoms with van der Waals surface area (Å²) in [7, 11) is 0. The molecule has 12 heavy (non-hydrogen) atoms. The zero-order valence-corrected chi connectivity index (χ0v) is 7.77. The Labute approximate surface area is 80.5 Å². The molecule has 1 aromatic heterocycles. The molecule has 0 amide bonds. The summed E-state index contributed by atoms with van der Waals surface area (Å²) in [5.41, 5.74) is 0.927. The summed E-state index contributed by atoms with van der Waals surface area (Å²) >= 11 is 11.3. The lowest BCUT2D eigenvalue weighted by molar-refractivity contribution is -0.107. The molecule has 0 aromatic carbocycles. The Balaban J connectivity index is 2.75. The van der Waals surface area contributed by atoms with Gasteiger partial charge in [0.05, 0.1) is 5.02 Å². The Morgan fingerprint density at radius 2 is 2.25 bits per heavy atom. The van der Waals surface area contributed by atoms with Crippen LogP contribution >= 0.6 is 23.2 Å². The standard InChI is InChI=1S/C8H7Cl2NO/c9-7-4-6(2-1-3-12)5-11-8(7)10/h3-5H,1-2H2. The molecular weight excluding hydrogens is 197 g/mol. The van der Waals surface area contributed by atoms with Crippen molar-refractivity contribution < 1.29 is 4.79 Å². The summed E-state index contributed by atoms with van der Waals surface area (Å²) in [6.45, 7) is 0. The largest absolute Gasteiger partial charge is 0.303 e. The smallest absolute Gasteiger partial charge is 0.147 e. The van der Waals surface area contributed by atoms with Crippen LogP contribution in [0.5, 0.6) is 0 Å². The first-order valence-corrected chi connectivity index (χ1v) is 4.23. The highest BCUT2D eigenvalue weighted by atomic mass is 35.5. The van der Waals surface area contributed by atoms with E-state index in [2.05, 4.69) is 4.98 Å².